The van der Waals surface area contributed by atoms with Crippen molar-refractivity contribution in [2.75, 3.05) is 18.4 Å². The zero-order valence-electron chi connectivity index (χ0n) is 14.8. The van der Waals surface area contributed by atoms with Gasteiger partial charge in [-0.05, 0) is 48.7 Å². The highest BCUT2D eigenvalue weighted by Crippen LogP contribution is 2.52. The molecule has 2 aliphatic rings. The van der Waals surface area contributed by atoms with Crippen LogP contribution in [0, 0.1) is 0 Å². The minimum absolute atomic E-state index is 0.0933. The molecule has 146 valence electrons. The lowest BCUT2D eigenvalue weighted by molar-refractivity contribution is -0.117. The molecular formula is C20H17BrF2N2O3. The molecule has 5 nitrogen and oxygen atoms in total. The second-order valence-corrected chi connectivity index (χ2v) is 7.97. The Bertz CT molecular complexity index is 947. The Kier molecular flexibility index (Phi) is 4.82. The molecule has 0 bridgehead atoms. The summed E-state index contributed by atoms with van der Waals surface area (Å²) in [7, 11) is 0. The monoisotopic (exact) mass is 450 g/mol. The van der Waals surface area contributed by atoms with Gasteiger partial charge in [0.05, 0.1) is 5.69 Å². The molecule has 28 heavy (non-hydrogen) atoms. The molecule has 1 heterocycles. The Hall–Kier alpha value is -2.48. The Morgan fingerprint density at radius 3 is 2.71 bits per heavy atom. The highest BCUT2D eigenvalue weighted by Gasteiger charge is 2.51. The van der Waals surface area contributed by atoms with E-state index in [9.17, 15) is 18.4 Å². The van der Waals surface area contributed by atoms with Gasteiger partial charge in [-0.2, -0.15) is 8.78 Å². The first kappa shape index (κ1) is 18.9. The molecule has 2 amide bonds. The number of nitrogens with one attached hydrogen (secondary N) is 1. The van der Waals surface area contributed by atoms with Crippen molar-refractivity contribution in [2.24, 2.45) is 0 Å². The van der Waals surface area contributed by atoms with Crippen molar-refractivity contribution in [3.05, 3.63) is 58.1 Å². The molecule has 0 radical (unpaired) electrons. The molecule has 2 aromatic rings. The molecule has 1 aliphatic carbocycles. The van der Waals surface area contributed by atoms with E-state index in [0.717, 1.165) is 22.9 Å². The number of rotatable bonds is 5. The van der Waals surface area contributed by atoms with Gasteiger partial charge in [0.1, 0.15) is 12.3 Å². The van der Waals surface area contributed by atoms with E-state index in [1.807, 2.05) is 12.1 Å². The van der Waals surface area contributed by atoms with Gasteiger partial charge in [-0.1, -0.05) is 28.1 Å². The Labute approximate surface area is 168 Å². The molecular weight excluding hydrogens is 434 g/mol. The summed E-state index contributed by atoms with van der Waals surface area (Å²) in [6.45, 7) is -2.68. The van der Waals surface area contributed by atoms with Crippen LogP contribution in [0.15, 0.2) is 46.9 Å². The van der Waals surface area contributed by atoms with Gasteiger partial charge in [0, 0.05) is 22.0 Å². The van der Waals surface area contributed by atoms with Gasteiger partial charge in [-0.25, -0.2) is 0 Å². The van der Waals surface area contributed by atoms with Gasteiger partial charge in [0.25, 0.3) is 5.91 Å². The molecule has 1 spiro atoms. The van der Waals surface area contributed by atoms with Crippen LogP contribution in [0.25, 0.3) is 0 Å². The predicted octanol–water partition coefficient (Wildman–Crippen LogP) is 4.18. The Balaban J connectivity index is 1.50. The van der Waals surface area contributed by atoms with Crippen LogP contribution in [0.5, 0.6) is 5.75 Å². The van der Waals surface area contributed by atoms with Crippen LogP contribution < -0.4 is 10.1 Å². The van der Waals surface area contributed by atoms with Crippen LogP contribution in [0.1, 0.15) is 28.8 Å². The number of hydrogen-bond acceptors (Lipinski definition) is 3. The van der Waals surface area contributed by atoms with Crippen molar-refractivity contribution in [2.45, 2.75) is 24.9 Å². The first-order valence-corrected chi connectivity index (χ1v) is 9.60. The zero-order valence-corrected chi connectivity index (χ0v) is 16.3. The number of amides is 2. The third-order valence-corrected chi connectivity index (χ3v) is 5.62. The van der Waals surface area contributed by atoms with Crippen molar-refractivity contribution in [3.8, 4) is 5.75 Å². The third kappa shape index (κ3) is 3.61. The fourth-order valence-electron chi connectivity index (χ4n) is 3.67. The average molecular weight is 451 g/mol. The molecule has 1 fully saturated rings. The number of ether oxygens (including phenoxy) is 1. The molecule has 0 atom stereocenters. The van der Waals surface area contributed by atoms with Crippen molar-refractivity contribution in [1.82, 2.24) is 4.90 Å². The van der Waals surface area contributed by atoms with Gasteiger partial charge in [0.2, 0.25) is 5.91 Å². The average Bonchev–Trinajstić information content (AvgIpc) is 3.41. The molecule has 1 N–H and O–H groups in total. The second kappa shape index (κ2) is 7.16. The van der Waals surface area contributed by atoms with Crippen LogP contribution >= 0.6 is 15.9 Å². The summed E-state index contributed by atoms with van der Waals surface area (Å²) >= 11 is 3.45. The number of benzene rings is 2. The fraction of sp³-hybridized carbons (Fsp3) is 0.300. The maximum atomic E-state index is 12.9. The fourth-order valence-corrected chi connectivity index (χ4v) is 4.03. The normalized spacial score (nSPS) is 16.9. The van der Waals surface area contributed by atoms with E-state index in [4.69, 9.17) is 0 Å². The second-order valence-electron chi connectivity index (χ2n) is 7.05. The van der Waals surface area contributed by atoms with E-state index < -0.39 is 12.5 Å². The number of para-hydroxylation sites is 2. The summed E-state index contributed by atoms with van der Waals surface area (Å²) in [4.78, 5) is 26.9. The maximum absolute atomic E-state index is 12.9. The Morgan fingerprint density at radius 2 is 2.00 bits per heavy atom. The Morgan fingerprint density at radius 1 is 1.25 bits per heavy atom. The topological polar surface area (TPSA) is 58.6 Å². The maximum Gasteiger partial charge on any atom is 0.387 e. The molecule has 0 saturated heterocycles. The minimum Gasteiger partial charge on any atom is -0.433 e. The first-order valence-electron chi connectivity index (χ1n) is 8.81. The number of carbonyl (C=O) groups excluding carboxylic acids is 2. The zero-order chi connectivity index (χ0) is 19.9. The van der Waals surface area contributed by atoms with Gasteiger partial charge in [-0.3, -0.25) is 9.59 Å². The summed E-state index contributed by atoms with van der Waals surface area (Å²) in [5.74, 6) is -0.785. The van der Waals surface area contributed by atoms with Crippen molar-refractivity contribution in [3.63, 3.8) is 0 Å². The number of halogens is 3. The van der Waals surface area contributed by atoms with Crippen LogP contribution in [0.3, 0.4) is 0 Å². The largest absolute Gasteiger partial charge is 0.433 e. The number of nitrogens with zero attached hydrogens (tertiary/aromatic N) is 1. The smallest absolute Gasteiger partial charge is 0.387 e. The molecule has 4 rings (SSSR count). The van der Waals surface area contributed by atoms with E-state index >= 15 is 0 Å². The van der Waals surface area contributed by atoms with E-state index in [2.05, 4.69) is 26.0 Å². The summed E-state index contributed by atoms with van der Waals surface area (Å²) < 4.78 is 30.4. The quantitative estimate of drug-likeness (QED) is 0.743. The van der Waals surface area contributed by atoms with Crippen molar-refractivity contribution < 1.29 is 23.1 Å². The number of hydrogen-bond donors (Lipinski definition) is 1. The van der Waals surface area contributed by atoms with Crippen LogP contribution in [0.4, 0.5) is 14.5 Å². The highest BCUT2D eigenvalue weighted by molar-refractivity contribution is 9.10. The van der Waals surface area contributed by atoms with Crippen molar-refractivity contribution >= 4 is 33.4 Å². The van der Waals surface area contributed by atoms with Gasteiger partial charge < -0.3 is 15.0 Å². The van der Waals surface area contributed by atoms with Gasteiger partial charge in [-0.15, -0.1) is 0 Å². The standard InChI is InChI=1S/C20H17BrF2N2O3/c21-12-5-6-13-14(9-12)20(7-8-20)11-25(18(13)27)10-17(26)24-15-3-1-2-4-16(15)28-19(22)23/h1-6,9,19H,7-8,10-11H2,(H,24,26). The number of alkyl halides is 2. The minimum atomic E-state index is -2.99. The van der Waals surface area contributed by atoms with Crippen LogP contribution in [-0.2, 0) is 10.2 Å². The van der Waals surface area contributed by atoms with Gasteiger partial charge >= 0.3 is 6.61 Å². The van der Waals surface area contributed by atoms with E-state index in [0.29, 0.717) is 12.1 Å². The van der Waals surface area contributed by atoms with Gasteiger partial charge in [0.15, 0.2) is 0 Å². The first-order chi connectivity index (χ1) is 13.4. The molecule has 0 unspecified atom stereocenters. The number of fused-ring (bicyclic) bond motifs is 2. The third-order valence-electron chi connectivity index (χ3n) is 5.13. The van der Waals surface area contributed by atoms with E-state index in [-0.39, 0.29) is 29.3 Å². The molecule has 0 aromatic heterocycles. The lowest BCUT2D eigenvalue weighted by Crippen LogP contribution is -2.46. The predicted molar refractivity (Wildman–Crippen MR) is 103 cm³/mol. The highest BCUT2D eigenvalue weighted by atomic mass is 79.9. The molecule has 1 saturated carbocycles. The van der Waals surface area contributed by atoms with Crippen molar-refractivity contribution in [1.29, 1.82) is 0 Å². The lowest BCUT2D eigenvalue weighted by Gasteiger charge is -2.34. The van der Waals surface area contributed by atoms with E-state index in [1.54, 1.807) is 12.1 Å². The van der Waals surface area contributed by atoms with Crippen LogP contribution in [-0.4, -0.2) is 36.4 Å². The van der Waals surface area contributed by atoms with Crippen LogP contribution in [0.2, 0.25) is 0 Å². The summed E-state index contributed by atoms with van der Waals surface area (Å²) in [5.41, 5.74) is 1.69. The number of carbonyl (C=O) groups is 2. The summed E-state index contributed by atoms with van der Waals surface area (Å²) in [6.07, 6.45) is 1.93. The summed E-state index contributed by atoms with van der Waals surface area (Å²) in [6, 6.07) is 11.5. The SMILES string of the molecule is O=C(CN1CC2(CC2)c2cc(Br)ccc2C1=O)Nc1ccccc1OC(F)F. The molecule has 2 aromatic carbocycles. The molecule has 8 heteroatoms. The lowest BCUT2D eigenvalue weighted by atomic mass is 9.86. The van der Waals surface area contributed by atoms with E-state index in [1.165, 1.54) is 23.1 Å². The number of anilines is 1. The summed E-state index contributed by atoms with van der Waals surface area (Å²) in [5, 5.41) is 2.57. The molecule has 1 aliphatic heterocycles.